The number of amides is 2. The average Bonchev–Trinajstić information content (AvgIpc) is 2.84. The molecule has 2 atom stereocenters. The van der Waals surface area contributed by atoms with E-state index in [1.54, 1.807) is 24.3 Å². The smallest absolute Gasteiger partial charge is 0.307 e. The number of carboxylic acid groups (broad SMARTS) is 1. The lowest BCUT2D eigenvalue weighted by atomic mass is 9.78. The maximum Gasteiger partial charge on any atom is 0.307 e. The van der Waals surface area contributed by atoms with Gasteiger partial charge in [0, 0.05) is 31.9 Å². The van der Waals surface area contributed by atoms with Crippen molar-refractivity contribution in [3.05, 3.63) is 59.7 Å². The van der Waals surface area contributed by atoms with Crippen molar-refractivity contribution < 1.29 is 19.5 Å². The Morgan fingerprint density at radius 1 is 0.879 bits per heavy atom. The molecule has 4 rings (SSSR count). The number of nitrogens with zero attached hydrogens (tertiary/aromatic N) is 2. The van der Waals surface area contributed by atoms with Crippen LogP contribution in [0.3, 0.4) is 0 Å². The van der Waals surface area contributed by atoms with Crippen LogP contribution in [0.4, 0.5) is 11.4 Å². The number of rotatable bonds is 5. The van der Waals surface area contributed by atoms with E-state index in [9.17, 15) is 19.5 Å². The highest BCUT2D eigenvalue weighted by atomic mass is 16.4. The summed E-state index contributed by atoms with van der Waals surface area (Å²) in [4.78, 5) is 42.0. The molecule has 174 valence electrons. The zero-order valence-electron chi connectivity index (χ0n) is 19.0. The number of hydrogen-bond donors (Lipinski definition) is 2. The van der Waals surface area contributed by atoms with E-state index in [1.807, 2.05) is 17.0 Å². The van der Waals surface area contributed by atoms with Crippen LogP contribution in [0, 0.1) is 18.8 Å². The number of carboxylic acids is 1. The summed E-state index contributed by atoms with van der Waals surface area (Å²) in [7, 11) is 0. The first-order chi connectivity index (χ1) is 16.0. The second-order valence-corrected chi connectivity index (χ2v) is 8.94. The second-order valence-electron chi connectivity index (χ2n) is 8.94. The molecule has 7 heteroatoms. The zero-order valence-corrected chi connectivity index (χ0v) is 19.0. The Morgan fingerprint density at radius 2 is 1.52 bits per heavy atom. The van der Waals surface area contributed by atoms with Crippen LogP contribution in [0.1, 0.15) is 41.6 Å². The van der Waals surface area contributed by atoms with Crippen LogP contribution in [0.25, 0.3) is 0 Å². The van der Waals surface area contributed by atoms with E-state index in [2.05, 4.69) is 29.3 Å². The van der Waals surface area contributed by atoms with Crippen LogP contribution in [0.2, 0.25) is 0 Å². The first kappa shape index (κ1) is 22.8. The number of carbonyl (C=O) groups excluding carboxylic acids is 2. The molecule has 1 heterocycles. The third kappa shape index (κ3) is 5.02. The standard InChI is InChI=1S/C26H31N3O4/c1-18-8-2-7-13-23(18)28-14-16-29(17-15-28)25(31)21-11-5-6-12-22(21)27-24(30)19-9-3-4-10-20(19)26(32)33/h2,5-8,11-13,19-20H,3-4,9-10,14-17H2,1H3,(H,27,30)(H,32,33). The van der Waals surface area contributed by atoms with E-state index < -0.39 is 17.8 Å². The van der Waals surface area contributed by atoms with Crippen molar-refractivity contribution in [2.75, 3.05) is 36.4 Å². The highest BCUT2D eigenvalue weighted by Crippen LogP contribution is 2.32. The van der Waals surface area contributed by atoms with Crippen molar-refractivity contribution >= 4 is 29.2 Å². The topological polar surface area (TPSA) is 90.0 Å². The average molecular weight is 450 g/mol. The number of para-hydroxylation sites is 2. The first-order valence-electron chi connectivity index (χ1n) is 11.7. The predicted octanol–water partition coefficient (Wildman–Crippen LogP) is 3.79. The molecule has 2 unspecified atom stereocenters. The molecule has 0 spiro atoms. The maximum absolute atomic E-state index is 13.3. The van der Waals surface area contributed by atoms with Crippen molar-refractivity contribution in [2.24, 2.45) is 11.8 Å². The minimum atomic E-state index is -0.925. The highest BCUT2D eigenvalue weighted by Gasteiger charge is 2.36. The van der Waals surface area contributed by atoms with Gasteiger partial charge < -0.3 is 20.2 Å². The van der Waals surface area contributed by atoms with Crippen LogP contribution in [-0.4, -0.2) is 54.0 Å². The molecule has 1 aliphatic heterocycles. The number of hydrogen-bond acceptors (Lipinski definition) is 4. The molecular weight excluding hydrogens is 418 g/mol. The molecule has 2 amide bonds. The van der Waals surface area contributed by atoms with Gasteiger partial charge in [-0.1, -0.05) is 43.2 Å². The van der Waals surface area contributed by atoms with E-state index in [4.69, 9.17) is 0 Å². The lowest BCUT2D eigenvalue weighted by molar-refractivity contribution is -0.147. The van der Waals surface area contributed by atoms with Gasteiger partial charge in [-0.05, 0) is 43.5 Å². The summed E-state index contributed by atoms with van der Waals surface area (Å²) >= 11 is 0. The molecular formula is C26H31N3O4. The van der Waals surface area contributed by atoms with Gasteiger partial charge in [0.1, 0.15) is 0 Å². The van der Waals surface area contributed by atoms with Gasteiger partial charge in [-0.15, -0.1) is 0 Å². The molecule has 0 aromatic heterocycles. The number of carbonyl (C=O) groups is 3. The van der Waals surface area contributed by atoms with Gasteiger partial charge in [0.25, 0.3) is 5.91 Å². The summed E-state index contributed by atoms with van der Waals surface area (Å²) in [5.74, 6) is -2.60. The normalized spacial score (nSPS) is 20.9. The summed E-state index contributed by atoms with van der Waals surface area (Å²) in [5, 5.41) is 12.4. The molecule has 2 aromatic carbocycles. The van der Waals surface area contributed by atoms with Crippen LogP contribution in [0.15, 0.2) is 48.5 Å². The molecule has 1 saturated heterocycles. The van der Waals surface area contributed by atoms with Gasteiger partial charge >= 0.3 is 5.97 Å². The van der Waals surface area contributed by atoms with E-state index in [-0.39, 0.29) is 11.8 Å². The second kappa shape index (κ2) is 10.1. The summed E-state index contributed by atoms with van der Waals surface area (Å²) in [6.07, 6.45) is 2.73. The monoisotopic (exact) mass is 449 g/mol. The minimum absolute atomic E-state index is 0.117. The largest absolute Gasteiger partial charge is 0.481 e. The molecule has 1 aliphatic carbocycles. The van der Waals surface area contributed by atoms with Crippen molar-refractivity contribution in [1.82, 2.24) is 4.90 Å². The fourth-order valence-electron chi connectivity index (χ4n) is 4.98. The third-order valence-corrected chi connectivity index (χ3v) is 6.86. The van der Waals surface area contributed by atoms with Crippen molar-refractivity contribution in [1.29, 1.82) is 0 Å². The molecule has 0 radical (unpaired) electrons. The quantitative estimate of drug-likeness (QED) is 0.725. The molecule has 2 aromatic rings. The highest BCUT2D eigenvalue weighted by molar-refractivity contribution is 6.04. The molecule has 0 bridgehead atoms. The number of nitrogens with one attached hydrogen (secondary N) is 1. The van der Waals surface area contributed by atoms with Crippen LogP contribution >= 0.6 is 0 Å². The Balaban J connectivity index is 1.44. The van der Waals surface area contributed by atoms with Gasteiger partial charge in [0.15, 0.2) is 0 Å². The maximum atomic E-state index is 13.3. The SMILES string of the molecule is Cc1ccccc1N1CCN(C(=O)c2ccccc2NC(=O)C2CCCCC2C(=O)O)CC1. The Hall–Kier alpha value is -3.35. The Labute approximate surface area is 194 Å². The zero-order chi connectivity index (χ0) is 23.4. The molecule has 2 fully saturated rings. The Morgan fingerprint density at radius 3 is 2.21 bits per heavy atom. The number of anilines is 2. The Kier molecular flexibility index (Phi) is 6.96. The summed E-state index contributed by atoms with van der Waals surface area (Å²) in [6.45, 7) is 4.77. The van der Waals surface area contributed by atoms with Crippen LogP contribution in [0.5, 0.6) is 0 Å². The lowest BCUT2D eigenvalue weighted by Gasteiger charge is -2.37. The predicted molar refractivity (Wildman–Crippen MR) is 127 cm³/mol. The van der Waals surface area contributed by atoms with E-state index in [1.165, 1.54) is 11.3 Å². The minimum Gasteiger partial charge on any atom is -0.481 e. The summed E-state index contributed by atoms with van der Waals surface area (Å²) in [6, 6.07) is 15.2. The van der Waals surface area contributed by atoms with Crippen LogP contribution in [-0.2, 0) is 9.59 Å². The van der Waals surface area contributed by atoms with E-state index in [0.717, 1.165) is 25.9 Å². The van der Waals surface area contributed by atoms with Crippen LogP contribution < -0.4 is 10.2 Å². The van der Waals surface area contributed by atoms with Crippen molar-refractivity contribution in [3.63, 3.8) is 0 Å². The first-order valence-corrected chi connectivity index (χ1v) is 11.7. The molecule has 2 aliphatic rings. The van der Waals surface area contributed by atoms with Crippen molar-refractivity contribution in [2.45, 2.75) is 32.6 Å². The number of aliphatic carboxylic acids is 1. The lowest BCUT2D eigenvalue weighted by Crippen LogP contribution is -2.49. The molecule has 33 heavy (non-hydrogen) atoms. The van der Waals surface area contributed by atoms with Gasteiger partial charge in [-0.3, -0.25) is 14.4 Å². The van der Waals surface area contributed by atoms with E-state index >= 15 is 0 Å². The van der Waals surface area contributed by atoms with Gasteiger partial charge in [-0.25, -0.2) is 0 Å². The molecule has 2 N–H and O–H groups in total. The third-order valence-electron chi connectivity index (χ3n) is 6.86. The number of aryl methyl sites for hydroxylation is 1. The molecule has 1 saturated carbocycles. The number of piperazine rings is 1. The van der Waals surface area contributed by atoms with Crippen molar-refractivity contribution in [3.8, 4) is 0 Å². The summed E-state index contributed by atoms with van der Waals surface area (Å²) < 4.78 is 0. The van der Waals surface area contributed by atoms with Gasteiger partial charge in [0.2, 0.25) is 5.91 Å². The fraction of sp³-hybridized carbons (Fsp3) is 0.423. The van der Waals surface area contributed by atoms with E-state index in [0.29, 0.717) is 37.2 Å². The Bertz CT molecular complexity index is 1030. The van der Waals surface area contributed by atoms with Gasteiger partial charge in [0.05, 0.1) is 23.1 Å². The molecule has 7 nitrogen and oxygen atoms in total. The van der Waals surface area contributed by atoms with Gasteiger partial charge in [-0.2, -0.15) is 0 Å². The fourth-order valence-corrected chi connectivity index (χ4v) is 4.98. The summed E-state index contributed by atoms with van der Waals surface area (Å²) in [5.41, 5.74) is 3.30. The number of benzene rings is 2.